The molecule has 1 radical (unpaired) electrons. The van der Waals surface area contributed by atoms with E-state index in [1.807, 2.05) is 12.1 Å². The van der Waals surface area contributed by atoms with Crippen molar-refractivity contribution in [1.29, 1.82) is 10.5 Å². The van der Waals surface area contributed by atoms with E-state index in [0.717, 1.165) is 6.07 Å². The molecule has 1 aromatic carbocycles. The quantitative estimate of drug-likeness (QED) is 0.728. The average molecular weight is 390 g/mol. The smallest absolute Gasteiger partial charge is 0.249 e. The van der Waals surface area contributed by atoms with Gasteiger partial charge in [0.1, 0.15) is 23.6 Å². The predicted molar refractivity (Wildman–Crippen MR) is 101 cm³/mol. The summed E-state index contributed by atoms with van der Waals surface area (Å²) in [7, 11) is 0. The van der Waals surface area contributed by atoms with Crippen molar-refractivity contribution < 1.29 is 14.0 Å². The van der Waals surface area contributed by atoms with Crippen molar-refractivity contribution in [2.45, 2.75) is 26.3 Å². The first-order valence-electron chi connectivity index (χ1n) is 8.80. The Morgan fingerprint density at radius 2 is 2.07 bits per heavy atom. The largest absolute Gasteiger partial charge is 0.353 e. The lowest BCUT2D eigenvalue weighted by Gasteiger charge is -2.29. The fourth-order valence-corrected chi connectivity index (χ4v) is 3.29. The molecule has 0 bridgehead atoms. The summed E-state index contributed by atoms with van der Waals surface area (Å²) in [5.41, 5.74) is 2.02. The van der Waals surface area contributed by atoms with Gasteiger partial charge in [-0.25, -0.2) is 4.39 Å². The molecule has 0 aromatic heterocycles. The molecule has 8 heteroatoms. The molecule has 29 heavy (non-hydrogen) atoms. The molecule has 7 nitrogen and oxygen atoms in total. The molecule has 1 aromatic rings. The summed E-state index contributed by atoms with van der Waals surface area (Å²) in [6, 6.07) is 7.76. The Balaban J connectivity index is 1.80. The second-order valence-corrected chi connectivity index (χ2v) is 6.62. The van der Waals surface area contributed by atoms with Crippen LogP contribution in [0.1, 0.15) is 37.4 Å². The van der Waals surface area contributed by atoms with E-state index in [2.05, 4.69) is 16.0 Å². The summed E-state index contributed by atoms with van der Waals surface area (Å²) in [6.45, 7) is 3.29. The molecule has 2 heterocycles. The normalized spacial score (nSPS) is 16.9. The van der Waals surface area contributed by atoms with Gasteiger partial charge in [0, 0.05) is 22.9 Å². The Morgan fingerprint density at radius 1 is 1.31 bits per heavy atom. The van der Waals surface area contributed by atoms with Crippen molar-refractivity contribution >= 4 is 11.8 Å². The Kier molecular flexibility index (Phi) is 5.47. The number of amides is 2. The van der Waals surface area contributed by atoms with Crippen LogP contribution in [0.15, 0.2) is 52.9 Å². The number of carbonyl (C=O) groups excluding carboxylic acids is 2. The number of nitriles is 2. The second-order valence-electron chi connectivity index (χ2n) is 6.62. The van der Waals surface area contributed by atoms with Crippen molar-refractivity contribution in [2.24, 2.45) is 0 Å². The van der Waals surface area contributed by atoms with Crippen LogP contribution in [0, 0.1) is 34.5 Å². The van der Waals surface area contributed by atoms with Crippen LogP contribution >= 0.6 is 0 Å². The van der Waals surface area contributed by atoms with E-state index < -0.39 is 23.7 Å². The number of allylic oxidation sites excluding steroid dienone is 1. The van der Waals surface area contributed by atoms with Crippen LogP contribution in [0.2, 0.25) is 0 Å². The molecular weight excluding hydrogens is 373 g/mol. The van der Waals surface area contributed by atoms with E-state index in [4.69, 9.17) is 5.26 Å². The minimum Gasteiger partial charge on any atom is -0.353 e. The van der Waals surface area contributed by atoms with Crippen LogP contribution < -0.4 is 16.0 Å². The highest BCUT2D eigenvalue weighted by Gasteiger charge is 2.33. The summed E-state index contributed by atoms with van der Waals surface area (Å²) < 4.78 is 14.2. The molecule has 0 saturated heterocycles. The number of dihydropyridines is 1. The summed E-state index contributed by atoms with van der Waals surface area (Å²) >= 11 is 0. The van der Waals surface area contributed by atoms with Gasteiger partial charge in [-0.2, -0.15) is 10.5 Å². The molecule has 0 spiro atoms. The molecular formula is C21H17FN5O2. The number of carbonyl (C=O) groups is 2. The van der Waals surface area contributed by atoms with Gasteiger partial charge in [0.05, 0.1) is 24.1 Å². The predicted octanol–water partition coefficient (Wildman–Crippen LogP) is 2.14. The van der Waals surface area contributed by atoms with Crippen LogP contribution in [0.3, 0.4) is 0 Å². The standard InChI is InChI=1S/C21H17FN5O2/c1-11-15(21(29)27-17-5-6-25-18(10-24)20(11)17)8-19(28)26-12(2)14-4-3-13(9-23)7-16(14)22/h3-7,12,25H,8H2,1-2H3,(H,26,28)(H,27,29)/t12-/m0/s1. The topological polar surface area (TPSA) is 118 Å². The van der Waals surface area contributed by atoms with Gasteiger partial charge in [0.2, 0.25) is 11.8 Å². The highest BCUT2D eigenvalue weighted by Crippen LogP contribution is 2.33. The van der Waals surface area contributed by atoms with Gasteiger partial charge in [-0.15, -0.1) is 0 Å². The first-order valence-corrected chi connectivity index (χ1v) is 8.80. The van der Waals surface area contributed by atoms with Crippen LogP contribution in [0.25, 0.3) is 0 Å². The van der Waals surface area contributed by atoms with Gasteiger partial charge in [-0.1, -0.05) is 6.07 Å². The summed E-state index contributed by atoms with van der Waals surface area (Å²) in [5.74, 6) is -1.48. The molecule has 0 saturated carbocycles. The summed E-state index contributed by atoms with van der Waals surface area (Å²) in [5, 5.41) is 26.3. The van der Waals surface area contributed by atoms with Crippen LogP contribution in [0.5, 0.6) is 0 Å². The molecule has 0 unspecified atom stereocenters. The lowest BCUT2D eigenvalue weighted by molar-refractivity contribution is -0.123. The maximum Gasteiger partial charge on any atom is 0.249 e. The van der Waals surface area contributed by atoms with Gasteiger partial charge in [0.15, 0.2) is 0 Å². The molecule has 2 aliphatic heterocycles. The lowest BCUT2D eigenvalue weighted by Crippen LogP contribution is -2.40. The third kappa shape index (κ3) is 3.87. The second kappa shape index (κ2) is 7.99. The molecule has 1 atom stereocenters. The third-order valence-corrected chi connectivity index (χ3v) is 4.77. The van der Waals surface area contributed by atoms with Gasteiger partial charge >= 0.3 is 0 Å². The summed E-state index contributed by atoms with van der Waals surface area (Å²) in [6.07, 6.45) is 2.97. The Morgan fingerprint density at radius 3 is 2.72 bits per heavy atom. The van der Waals surface area contributed by atoms with Crippen LogP contribution in [-0.2, 0) is 9.59 Å². The molecule has 145 valence electrons. The van der Waals surface area contributed by atoms with Gasteiger partial charge in [-0.3, -0.25) is 9.59 Å². The lowest BCUT2D eigenvalue weighted by atomic mass is 9.86. The monoisotopic (exact) mass is 390 g/mol. The average Bonchev–Trinajstić information content (AvgIpc) is 2.70. The maximum absolute atomic E-state index is 14.2. The fraction of sp³-hybridized carbons (Fsp3) is 0.190. The maximum atomic E-state index is 14.2. The van der Waals surface area contributed by atoms with E-state index in [0.29, 0.717) is 17.2 Å². The Bertz CT molecular complexity index is 1070. The highest BCUT2D eigenvalue weighted by molar-refractivity contribution is 6.03. The SMILES string of the molecule is CC1=C(CC(=O)N[C@@H](C)c2ccc(C#N)cc2F)C(=O)N[C]2C=CNC(C#N)=C21. The molecule has 0 fully saturated rings. The number of benzene rings is 1. The molecule has 2 aliphatic rings. The molecule has 3 rings (SSSR count). The number of hydrogen-bond acceptors (Lipinski definition) is 5. The molecule has 3 N–H and O–H groups in total. The minimum atomic E-state index is -0.655. The van der Waals surface area contributed by atoms with Gasteiger partial charge in [0.25, 0.3) is 0 Å². The van der Waals surface area contributed by atoms with Crippen LogP contribution in [-0.4, -0.2) is 11.8 Å². The van der Waals surface area contributed by atoms with E-state index in [1.54, 1.807) is 26.1 Å². The van der Waals surface area contributed by atoms with Gasteiger partial charge in [-0.05, 0) is 37.6 Å². The van der Waals surface area contributed by atoms with Crippen molar-refractivity contribution in [3.8, 4) is 12.1 Å². The first kappa shape index (κ1) is 19.8. The van der Waals surface area contributed by atoms with Crippen molar-refractivity contribution in [3.63, 3.8) is 0 Å². The number of rotatable bonds is 4. The first-order chi connectivity index (χ1) is 13.8. The van der Waals surface area contributed by atoms with Crippen molar-refractivity contribution in [3.05, 3.63) is 75.9 Å². The number of fused-ring (bicyclic) bond motifs is 1. The van der Waals surface area contributed by atoms with E-state index in [-0.39, 0.29) is 28.8 Å². The molecule has 0 aliphatic carbocycles. The van der Waals surface area contributed by atoms with Crippen molar-refractivity contribution in [2.75, 3.05) is 0 Å². The number of nitrogens with zero attached hydrogens (tertiary/aromatic N) is 2. The fourth-order valence-electron chi connectivity index (χ4n) is 3.29. The van der Waals surface area contributed by atoms with Crippen LogP contribution in [0.4, 0.5) is 4.39 Å². The summed E-state index contributed by atoms with van der Waals surface area (Å²) in [4.78, 5) is 25.0. The number of halogens is 1. The Hall–Kier alpha value is -3.91. The Labute approximate surface area is 167 Å². The zero-order valence-electron chi connectivity index (χ0n) is 15.8. The zero-order valence-corrected chi connectivity index (χ0v) is 15.8. The van der Waals surface area contributed by atoms with Gasteiger partial charge < -0.3 is 16.0 Å². The van der Waals surface area contributed by atoms with E-state index in [9.17, 15) is 19.2 Å². The number of hydrogen-bond donors (Lipinski definition) is 3. The number of nitrogens with one attached hydrogen (secondary N) is 3. The zero-order chi connectivity index (χ0) is 21.1. The van der Waals surface area contributed by atoms with Crippen molar-refractivity contribution in [1.82, 2.24) is 16.0 Å². The van der Waals surface area contributed by atoms with E-state index >= 15 is 0 Å². The minimum absolute atomic E-state index is 0.188. The highest BCUT2D eigenvalue weighted by atomic mass is 19.1. The molecule has 2 amide bonds. The third-order valence-electron chi connectivity index (χ3n) is 4.77. The van der Waals surface area contributed by atoms with E-state index in [1.165, 1.54) is 12.1 Å².